The van der Waals surface area contributed by atoms with Gasteiger partial charge in [0.25, 0.3) is 0 Å². The van der Waals surface area contributed by atoms with Gasteiger partial charge in [0.1, 0.15) is 0 Å². The Morgan fingerprint density at radius 2 is 2.10 bits per heavy atom. The molecule has 2 atom stereocenters. The Labute approximate surface area is 60.5 Å². The summed E-state index contributed by atoms with van der Waals surface area (Å²) in [6.07, 6.45) is 0.845. The molecule has 10 heavy (non-hydrogen) atoms. The minimum absolute atomic E-state index is 0.255. The van der Waals surface area contributed by atoms with E-state index in [1.54, 1.807) is 0 Å². The SMILES string of the molecule is CC[C@@H](O)[C@@H](CC)N=[N+]=[N-]. The van der Waals surface area contributed by atoms with Gasteiger partial charge in [0, 0.05) is 4.91 Å². The molecule has 0 aliphatic carbocycles. The molecule has 0 spiro atoms. The molecular weight excluding hydrogens is 130 g/mol. The summed E-state index contributed by atoms with van der Waals surface area (Å²) in [4.78, 5) is 2.64. The molecule has 0 heterocycles. The van der Waals surface area contributed by atoms with Crippen molar-refractivity contribution in [3.8, 4) is 0 Å². The van der Waals surface area contributed by atoms with Crippen LogP contribution in [-0.4, -0.2) is 17.3 Å². The molecule has 58 valence electrons. The first-order chi connectivity index (χ1) is 4.76. The lowest BCUT2D eigenvalue weighted by molar-refractivity contribution is 0.138. The zero-order valence-corrected chi connectivity index (χ0v) is 6.36. The first-order valence-electron chi connectivity index (χ1n) is 3.48. The quantitative estimate of drug-likeness (QED) is 0.364. The molecule has 0 amide bonds. The second-order valence-electron chi connectivity index (χ2n) is 2.16. The third-order valence-corrected chi connectivity index (χ3v) is 1.48. The maximum atomic E-state index is 9.18. The Balaban J connectivity index is 3.91. The van der Waals surface area contributed by atoms with E-state index in [0.717, 1.165) is 0 Å². The van der Waals surface area contributed by atoms with E-state index in [-0.39, 0.29) is 6.04 Å². The van der Waals surface area contributed by atoms with Gasteiger partial charge in [-0.2, -0.15) is 0 Å². The molecule has 0 saturated heterocycles. The summed E-state index contributed by atoms with van der Waals surface area (Å²) in [6.45, 7) is 3.75. The van der Waals surface area contributed by atoms with Crippen LogP contribution >= 0.6 is 0 Å². The van der Waals surface area contributed by atoms with Gasteiger partial charge in [0.2, 0.25) is 0 Å². The summed E-state index contributed by atoms with van der Waals surface area (Å²) >= 11 is 0. The van der Waals surface area contributed by atoms with Gasteiger partial charge in [-0.3, -0.25) is 0 Å². The highest BCUT2D eigenvalue weighted by molar-refractivity contribution is 4.72. The highest BCUT2D eigenvalue weighted by Gasteiger charge is 2.12. The number of aliphatic hydroxyl groups excluding tert-OH is 1. The predicted molar refractivity (Wildman–Crippen MR) is 39.5 cm³/mol. The summed E-state index contributed by atoms with van der Waals surface area (Å²) < 4.78 is 0. The lowest BCUT2D eigenvalue weighted by Gasteiger charge is -2.13. The van der Waals surface area contributed by atoms with E-state index in [0.29, 0.717) is 12.8 Å². The maximum absolute atomic E-state index is 9.18. The van der Waals surface area contributed by atoms with Crippen LogP contribution in [0, 0.1) is 0 Å². The van der Waals surface area contributed by atoms with Crippen molar-refractivity contribution in [1.29, 1.82) is 0 Å². The molecule has 1 N–H and O–H groups in total. The number of hydrogen-bond donors (Lipinski definition) is 1. The highest BCUT2D eigenvalue weighted by Crippen LogP contribution is 2.06. The number of nitrogens with zero attached hydrogens (tertiary/aromatic N) is 3. The molecule has 0 aliphatic rings. The van der Waals surface area contributed by atoms with Crippen LogP contribution in [0.5, 0.6) is 0 Å². The molecule has 0 aliphatic heterocycles. The van der Waals surface area contributed by atoms with Crippen LogP contribution in [-0.2, 0) is 0 Å². The summed E-state index contributed by atoms with van der Waals surface area (Å²) in [5, 5.41) is 12.6. The van der Waals surface area contributed by atoms with E-state index in [1.165, 1.54) is 0 Å². The van der Waals surface area contributed by atoms with Crippen molar-refractivity contribution in [3.05, 3.63) is 10.4 Å². The van der Waals surface area contributed by atoms with Crippen molar-refractivity contribution in [1.82, 2.24) is 0 Å². The molecule has 0 unspecified atom stereocenters. The fourth-order valence-electron chi connectivity index (χ4n) is 0.769. The molecule has 0 fully saturated rings. The van der Waals surface area contributed by atoms with Gasteiger partial charge >= 0.3 is 0 Å². The highest BCUT2D eigenvalue weighted by atomic mass is 16.3. The first-order valence-corrected chi connectivity index (χ1v) is 3.48. The van der Waals surface area contributed by atoms with E-state index >= 15 is 0 Å². The second kappa shape index (κ2) is 5.09. The lowest BCUT2D eigenvalue weighted by atomic mass is 10.1. The Bertz CT molecular complexity index is 131. The Morgan fingerprint density at radius 3 is 2.40 bits per heavy atom. The summed E-state index contributed by atoms with van der Waals surface area (Å²) in [5.74, 6) is 0. The molecule has 0 aromatic heterocycles. The molecule has 0 aromatic carbocycles. The summed E-state index contributed by atoms with van der Waals surface area (Å²) in [7, 11) is 0. The molecule has 0 saturated carbocycles. The smallest absolute Gasteiger partial charge is 0.0631 e. The largest absolute Gasteiger partial charge is 0.393 e. The first kappa shape index (κ1) is 9.27. The van der Waals surface area contributed by atoms with Crippen molar-refractivity contribution in [2.45, 2.75) is 38.8 Å². The number of aliphatic hydroxyl groups is 1. The summed E-state index contributed by atoms with van der Waals surface area (Å²) in [5.41, 5.74) is 8.06. The fourth-order valence-corrected chi connectivity index (χ4v) is 0.769. The van der Waals surface area contributed by atoms with Crippen LogP contribution in [0.2, 0.25) is 0 Å². The topological polar surface area (TPSA) is 69.0 Å². The van der Waals surface area contributed by atoms with Crippen LogP contribution in [0.4, 0.5) is 0 Å². The van der Waals surface area contributed by atoms with Gasteiger partial charge in [-0.1, -0.05) is 19.0 Å². The molecular formula is C6H13N3O. The van der Waals surface area contributed by atoms with E-state index in [2.05, 4.69) is 10.0 Å². The van der Waals surface area contributed by atoms with E-state index in [1.807, 2.05) is 13.8 Å². The molecule has 0 bridgehead atoms. The van der Waals surface area contributed by atoms with E-state index < -0.39 is 6.10 Å². The summed E-state index contributed by atoms with van der Waals surface area (Å²) in [6, 6.07) is -0.255. The number of rotatable bonds is 4. The average Bonchev–Trinajstić information content (AvgIpc) is 1.99. The zero-order chi connectivity index (χ0) is 7.98. The van der Waals surface area contributed by atoms with Gasteiger partial charge < -0.3 is 5.11 Å². The Morgan fingerprint density at radius 1 is 1.50 bits per heavy atom. The van der Waals surface area contributed by atoms with Crippen molar-refractivity contribution < 1.29 is 5.11 Å². The third-order valence-electron chi connectivity index (χ3n) is 1.48. The van der Waals surface area contributed by atoms with Gasteiger partial charge in [-0.15, -0.1) is 0 Å². The van der Waals surface area contributed by atoms with E-state index in [4.69, 9.17) is 5.53 Å². The van der Waals surface area contributed by atoms with Crippen molar-refractivity contribution in [2.75, 3.05) is 0 Å². The van der Waals surface area contributed by atoms with Gasteiger partial charge in [0.05, 0.1) is 12.1 Å². The van der Waals surface area contributed by atoms with Crippen LogP contribution in [0.25, 0.3) is 10.4 Å². The van der Waals surface area contributed by atoms with Gasteiger partial charge in [0.15, 0.2) is 0 Å². The Hall–Kier alpha value is -0.730. The van der Waals surface area contributed by atoms with Crippen LogP contribution in [0.3, 0.4) is 0 Å². The van der Waals surface area contributed by atoms with Gasteiger partial charge in [-0.25, -0.2) is 0 Å². The monoisotopic (exact) mass is 143 g/mol. The normalized spacial score (nSPS) is 15.5. The average molecular weight is 143 g/mol. The molecule has 4 heteroatoms. The number of hydrogen-bond acceptors (Lipinski definition) is 2. The van der Waals surface area contributed by atoms with Crippen molar-refractivity contribution in [2.24, 2.45) is 5.11 Å². The third kappa shape index (κ3) is 2.71. The van der Waals surface area contributed by atoms with E-state index in [9.17, 15) is 5.11 Å². The predicted octanol–water partition coefficient (Wildman–Crippen LogP) is 1.85. The van der Waals surface area contributed by atoms with Crippen LogP contribution < -0.4 is 0 Å². The second-order valence-corrected chi connectivity index (χ2v) is 2.16. The number of azide groups is 1. The fraction of sp³-hybridized carbons (Fsp3) is 1.00. The molecule has 0 rings (SSSR count). The van der Waals surface area contributed by atoms with Crippen molar-refractivity contribution >= 4 is 0 Å². The van der Waals surface area contributed by atoms with Crippen LogP contribution in [0.15, 0.2) is 5.11 Å². The Kier molecular flexibility index (Phi) is 4.72. The minimum Gasteiger partial charge on any atom is -0.393 e. The maximum Gasteiger partial charge on any atom is 0.0631 e. The minimum atomic E-state index is -0.485. The molecule has 4 nitrogen and oxygen atoms in total. The molecule has 0 radical (unpaired) electrons. The van der Waals surface area contributed by atoms with Crippen LogP contribution in [0.1, 0.15) is 26.7 Å². The lowest BCUT2D eigenvalue weighted by Crippen LogP contribution is -2.21. The zero-order valence-electron chi connectivity index (χ0n) is 6.36. The van der Waals surface area contributed by atoms with Crippen molar-refractivity contribution in [3.63, 3.8) is 0 Å². The standard InChI is InChI=1S/C6H13N3O/c1-3-5(8-9-7)6(10)4-2/h5-6,10H,3-4H2,1-2H3/t5-,6-/m1/s1. The molecule has 0 aromatic rings. The van der Waals surface area contributed by atoms with Gasteiger partial charge in [-0.05, 0) is 18.4 Å².